The van der Waals surface area contributed by atoms with E-state index >= 15 is 0 Å². The van der Waals surface area contributed by atoms with Crippen molar-refractivity contribution < 1.29 is 9.53 Å². The monoisotopic (exact) mass is 192 g/mol. The summed E-state index contributed by atoms with van der Waals surface area (Å²) >= 11 is 0. The molecule has 1 atom stereocenters. The quantitative estimate of drug-likeness (QED) is 0.415. The van der Waals surface area contributed by atoms with Crippen molar-refractivity contribution in [1.29, 1.82) is 0 Å². The minimum absolute atomic E-state index is 0.322. The number of carbonyl (C=O) groups excluding carboxylic acids is 1. The molecule has 0 aromatic heterocycles. The number of hydrogen-bond acceptors (Lipinski definition) is 3. The van der Waals surface area contributed by atoms with Crippen LogP contribution < -0.4 is 0 Å². The first kappa shape index (κ1) is 10.4. The third-order valence-corrected chi connectivity index (χ3v) is 1.79. The van der Waals surface area contributed by atoms with Gasteiger partial charge < -0.3 is 4.74 Å². The molecule has 0 fully saturated rings. The zero-order valence-corrected chi connectivity index (χ0v) is 8.31. The van der Waals surface area contributed by atoms with Gasteiger partial charge in [0.15, 0.2) is 0 Å². The van der Waals surface area contributed by atoms with Crippen molar-refractivity contribution in [2.75, 3.05) is 7.11 Å². The van der Waals surface area contributed by atoms with Gasteiger partial charge in [-0.25, -0.2) is 4.79 Å². The molecule has 1 rings (SSSR count). The molecule has 0 aliphatic heterocycles. The Balaban J connectivity index is 2.60. The molecule has 1 aromatic rings. The largest absolute Gasteiger partial charge is 0.467 e. The van der Waals surface area contributed by atoms with Gasteiger partial charge in [0.05, 0.1) is 7.11 Å². The molecule has 74 valence electrons. The summed E-state index contributed by atoms with van der Waals surface area (Å²) < 4.78 is 4.55. The minimum Gasteiger partial charge on any atom is -0.467 e. The Morgan fingerprint density at radius 2 is 2.07 bits per heavy atom. The first-order valence-electron chi connectivity index (χ1n) is 4.40. The van der Waals surface area contributed by atoms with Crippen molar-refractivity contribution in [1.82, 2.24) is 0 Å². The van der Waals surface area contributed by atoms with Gasteiger partial charge in [0, 0.05) is 6.21 Å². The second kappa shape index (κ2) is 5.17. The van der Waals surface area contributed by atoms with Gasteiger partial charge in [-0.05, 0) is 12.5 Å². The molecule has 0 heterocycles. The SMILES string of the molecule is COC(=O)C(C)[15N]=Cc1ccccc1. The molecular formula is C11H13NO2. The van der Waals surface area contributed by atoms with E-state index in [0.717, 1.165) is 5.56 Å². The molecule has 0 N–H and O–H groups in total. The van der Waals surface area contributed by atoms with Crippen LogP contribution in [0, 0.1) is 0 Å². The normalized spacial score (nSPS) is 12.7. The van der Waals surface area contributed by atoms with Crippen molar-refractivity contribution in [3.05, 3.63) is 35.9 Å². The summed E-state index contributed by atoms with van der Waals surface area (Å²) in [6.07, 6.45) is 1.67. The summed E-state index contributed by atoms with van der Waals surface area (Å²) in [6.45, 7) is 1.70. The van der Waals surface area contributed by atoms with E-state index < -0.39 is 6.04 Å². The molecule has 3 nitrogen and oxygen atoms in total. The fourth-order valence-electron chi connectivity index (χ4n) is 0.968. The Morgan fingerprint density at radius 3 is 2.64 bits per heavy atom. The lowest BCUT2D eigenvalue weighted by Gasteiger charge is -2.02. The van der Waals surface area contributed by atoms with Crippen molar-refractivity contribution in [3.63, 3.8) is 0 Å². The molecule has 14 heavy (non-hydrogen) atoms. The van der Waals surface area contributed by atoms with E-state index in [1.165, 1.54) is 7.11 Å². The highest BCUT2D eigenvalue weighted by Crippen LogP contribution is 1.97. The van der Waals surface area contributed by atoms with E-state index in [4.69, 9.17) is 0 Å². The summed E-state index contributed by atoms with van der Waals surface area (Å²) in [6, 6.07) is 9.18. The van der Waals surface area contributed by atoms with E-state index in [1.807, 2.05) is 30.3 Å². The van der Waals surface area contributed by atoms with Crippen LogP contribution in [0.1, 0.15) is 12.5 Å². The highest BCUT2D eigenvalue weighted by molar-refractivity contribution is 5.83. The molecule has 1 aromatic carbocycles. The van der Waals surface area contributed by atoms with Gasteiger partial charge in [0.25, 0.3) is 0 Å². The Morgan fingerprint density at radius 1 is 1.43 bits per heavy atom. The maximum atomic E-state index is 11.0. The number of hydrogen-bond donors (Lipinski definition) is 0. The van der Waals surface area contributed by atoms with Crippen molar-refractivity contribution >= 4 is 12.2 Å². The number of nitrogens with zero attached hydrogens (tertiary/aromatic N) is 1. The van der Waals surface area contributed by atoms with Crippen LogP contribution in [0.15, 0.2) is 35.3 Å². The van der Waals surface area contributed by atoms with Gasteiger partial charge >= 0.3 is 5.97 Å². The fraction of sp³-hybridized carbons (Fsp3) is 0.273. The minimum atomic E-state index is -0.444. The summed E-state index contributed by atoms with van der Waals surface area (Å²) in [5.74, 6) is -0.322. The highest BCUT2D eigenvalue weighted by atomic mass is 16.5. The number of methoxy groups -OCH3 is 1. The number of benzene rings is 1. The van der Waals surface area contributed by atoms with Crippen LogP contribution in [0.3, 0.4) is 0 Å². The van der Waals surface area contributed by atoms with E-state index in [2.05, 4.69) is 9.73 Å². The van der Waals surface area contributed by atoms with Gasteiger partial charge in [-0.1, -0.05) is 30.3 Å². The lowest BCUT2D eigenvalue weighted by Crippen LogP contribution is -2.16. The maximum absolute atomic E-state index is 11.0. The summed E-state index contributed by atoms with van der Waals surface area (Å²) in [7, 11) is 1.36. The van der Waals surface area contributed by atoms with Crippen LogP contribution in [0.4, 0.5) is 0 Å². The fourth-order valence-corrected chi connectivity index (χ4v) is 0.968. The third kappa shape index (κ3) is 3.01. The first-order chi connectivity index (χ1) is 6.74. The van der Waals surface area contributed by atoms with E-state index in [1.54, 1.807) is 13.1 Å². The molecule has 0 aliphatic carbocycles. The lowest BCUT2D eigenvalue weighted by atomic mass is 10.2. The van der Waals surface area contributed by atoms with Gasteiger partial charge in [0.1, 0.15) is 6.04 Å². The molecule has 0 radical (unpaired) electrons. The van der Waals surface area contributed by atoms with Gasteiger partial charge in [-0.15, -0.1) is 0 Å². The molecule has 0 saturated carbocycles. The second-order valence-corrected chi connectivity index (χ2v) is 2.89. The lowest BCUT2D eigenvalue weighted by molar-refractivity contribution is -0.141. The van der Waals surface area contributed by atoms with E-state index in [0.29, 0.717) is 0 Å². The number of aliphatic imine (C=N–C) groups is 1. The highest BCUT2D eigenvalue weighted by Gasteiger charge is 2.09. The topological polar surface area (TPSA) is 38.7 Å². The zero-order valence-electron chi connectivity index (χ0n) is 8.31. The molecule has 1 unspecified atom stereocenters. The molecule has 0 amide bonds. The van der Waals surface area contributed by atoms with Crippen molar-refractivity contribution in [3.8, 4) is 0 Å². The molecule has 0 spiro atoms. The average Bonchev–Trinajstić information content (AvgIpc) is 2.26. The van der Waals surface area contributed by atoms with E-state index in [-0.39, 0.29) is 5.97 Å². The Labute approximate surface area is 83.4 Å². The Kier molecular flexibility index (Phi) is 3.85. The second-order valence-electron chi connectivity index (χ2n) is 2.89. The average molecular weight is 192 g/mol. The van der Waals surface area contributed by atoms with Crippen molar-refractivity contribution in [2.45, 2.75) is 13.0 Å². The first-order valence-corrected chi connectivity index (χ1v) is 4.40. The standard InChI is InChI=1S/C11H13NO2/c1-9(11(13)14-2)12-8-10-6-4-3-5-7-10/h3-9H,1-2H3/i12+1. The molecular weight excluding hydrogens is 179 g/mol. The molecule has 0 bridgehead atoms. The number of esters is 1. The van der Waals surface area contributed by atoms with Crippen LogP contribution in [0.5, 0.6) is 0 Å². The number of carbonyl (C=O) groups is 1. The summed E-state index contributed by atoms with van der Waals surface area (Å²) in [5, 5.41) is 0. The van der Waals surface area contributed by atoms with Crippen LogP contribution in [0.2, 0.25) is 0 Å². The number of rotatable bonds is 3. The Hall–Kier alpha value is -1.64. The maximum Gasteiger partial charge on any atom is 0.330 e. The predicted octanol–water partition coefficient (Wildman–Crippen LogP) is 1.67. The van der Waals surface area contributed by atoms with Crippen LogP contribution in [0.25, 0.3) is 0 Å². The third-order valence-electron chi connectivity index (χ3n) is 1.79. The molecule has 3 heteroatoms. The Bertz CT molecular complexity index is 319. The smallest absolute Gasteiger partial charge is 0.330 e. The molecule has 0 saturated heterocycles. The summed E-state index contributed by atoms with van der Waals surface area (Å²) in [4.78, 5) is 15.1. The van der Waals surface area contributed by atoms with Crippen molar-refractivity contribution in [2.24, 2.45) is 4.99 Å². The zero-order chi connectivity index (χ0) is 10.4. The summed E-state index contributed by atoms with van der Waals surface area (Å²) in [5.41, 5.74) is 0.975. The van der Waals surface area contributed by atoms with Crippen LogP contribution >= 0.6 is 0 Å². The van der Waals surface area contributed by atoms with Crippen LogP contribution in [-0.2, 0) is 9.53 Å². The predicted molar refractivity (Wildman–Crippen MR) is 55.5 cm³/mol. The van der Waals surface area contributed by atoms with Gasteiger partial charge in [0.2, 0.25) is 0 Å². The van der Waals surface area contributed by atoms with Gasteiger partial charge in [-0.2, -0.15) is 0 Å². The molecule has 0 aliphatic rings. The number of ether oxygens (including phenoxy) is 1. The van der Waals surface area contributed by atoms with Gasteiger partial charge in [-0.3, -0.25) is 4.99 Å². The van der Waals surface area contributed by atoms with E-state index in [9.17, 15) is 4.79 Å². The van der Waals surface area contributed by atoms with Crippen LogP contribution in [-0.4, -0.2) is 25.3 Å².